The van der Waals surface area contributed by atoms with Crippen molar-refractivity contribution in [1.29, 1.82) is 0 Å². The van der Waals surface area contributed by atoms with Gasteiger partial charge in [0.2, 0.25) is 0 Å². The maximum Gasteiger partial charge on any atom is 1.00 e. The van der Waals surface area contributed by atoms with Gasteiger partial charge in [0.1, 0.15) is 0 Å². The summed E-state index contributed by atoms with van der Waals surface area (Å²) in [5.74, 6) is 0.0584. The van der Waals surface area contributed by atoms with Gasteiger partial charge in [0.15, 0.2) is 0 Å². The first-order valence-electron chi connectivity index (χ1n) is 14.5. The summed E-state index contributed by atoms with van der Waals surface area (Å²) in [5, 5.41) is 33.8. The third-order valence-electron chi connectivity index (χ3n) is 7.46. The van der Waals surface area contributed by atoms with E-state index in [0.717, 1.165) is 35.3 Å². The molecule has 2 aromatic carbocycles. The molecule has 2 N–H and O–H groups in total. The molecule has 0 amide bonds. The fraction of sp³-hybridized carbons (Fsp3) is 0.588. The van der Waals surface area contributed by atoms with Gasteiger partial charge in [-0.15, -0.1) is 0 Å². The second-order valence-corrected chi connectivity index (χ2v) is 15.1. The van der Waals surface area contributed by atoms with Crippen LogP contribution in [0.1, 0.15) is 103 Å². The molecule has 1 aliphatic heterocycles. The minimum Gasteiger partial charge on any atom is -0.872 e. The molecule has 1 aliphatic rings. The average molecular weight is 561 g/mol. The monoisotopic (exact) mass is 560 g/mol. The van der Waals surface area contributed by atoms with Crippen molar-refractivity contribution in [1.82, 2.24) is 10.6 Å². The van der Waals surface area contributed by atoms with Gasteiger partial charge in [-0.05, 0) is 49.6 Å². The number of aliphatic imine (C=N–C) groups is 2. The van der Waals surface area contributed by atoms with Crippen LogP contribution in [0.2, 0.25) is 0 Å². The van der Waals surface area contributed by atoms with E-state index in [-0.39, 0.29) is 70.9 Å². The predicted octanol–water partition coefficient (Wildman–Crippen LogP) is -0.780. The molecule has 0 radical (unpaired) electrons. The quantitative estimate of drug-likeness (QED) is 0.414. The topological polar surface area (TPSA) is 94.9 Å². The smallest absolute Gasteiger partial charge is 0.872 e. The summed E-state index contributed by atoms with van der Waals surface area (Å²) in [5.41, 5.74) is 4.54. The molecule has 42 heavy (non-hydrogen) atoms. The van der Waals surface area contributed by atoms with Crippen LogP contribution in [0, 0.1) is 10.8 Å². The molecular formula is C34H50Li2N4O2. The van der Waals surface area contributed by atoms with Crippen LogP contribution in [0.4, 0.5) is 0 Å². The van der Waals surface area contributed by atoms with E-state index in [2.05, 4.69) is 79.9 Å². The van der Waals surface area contributed by atoms with Gasteiger partial charge in [-0.3, -0.25) is 9.98 Å². The van der Waals surface area contributed by atoms with Gasteiger partial charge in [0.05, 0.1) is 0 Å². The zero-order valence-electron chi connectivity index (χ0n) is 28.4. The fourth-order valence-electron chi connectivity index (χ4n) is 4.71. The molecule has 1 heterocycles. The SMILES string of the molecule is CC1(C)CN=Cc2cc(C(C)(C)C)cc(c2[O-])CNCC(C)(C)CNCc2cc(C(C)(C)C)cc(c2[O-])C=NC1.[Li+].[Li+]. The predicted molar refractivity (Wildman–Crippen MR) is 165 cm³/mol. The molecule has 0 saturated heterocycles. The maximum atomic E-state index is 13.4. The van der Waals surface area contributed by atoms with E-state index in [0.29, 0.717) is 37.3 Å². The fourth-order valence-corrected chi connectivity index (χ4v) is 4.71. The molecule has 4 bridgehead atoms. The Morgan fingerprint density at radius 3 is 1.31 bits per heavy atom. The van der Waals surface area contributed by atoms with Crippen LogP contribution < -0.4 is 58.6 Å². The molecule has 8 heteroatoms. The van der Waals surface area contributed by atoms with E-state index >= 15 is 0 Å². The summed E-state index contributed by atoms with van der Waals surface area (Å²) < 4.78 is 0. The van der Waals surface area contributed by atoms with Gasteiger partial charge in [-0.1, -0.05) is 105 Å². The average Bonchev–Trinajstić information content (AvgIpc) is 2.80. The summed E-state index contributed by atoms with van der Waals surface area (Å²) in [7, 11) is 0. The minimum absolute atomic E-state index is 0. The van der Waals surface area contributed by atoms with Crippen molar-refractivity contribution in [2.45, 2.75) is 93.2 Å². The van der Waals surface area contributed by atoms with Crippen LogP contribution in [-0.4, -0.2) is 38.6 Å². The Balaban J connectivity index is 0.00000441. The summed E-state index contributed by atoms with van der Waals surface area (Å²) in [6.45, 7) is 25.0. The molecule has 3 rings (SSSR count). The Hall–Kier alpha value is -1.51. The Kier molecular flexibility index (Phi) is 13.7. The van der Waals surface area contributed by atoms with Gasteiger partial charge >= 0.3 is 37.7 Å². The maximum absolute atomic E-state index is 13.4. The Bertz CT molecular complexity index is 1160. The van der Waals surface area contributed by atoms with E-state index in [4.69, 9.17) is 9.98 Å². The van der Waals surface area contributed by atoms with Gasteiger partial charge in [0, 0.05) is 57.1 Å². The summed E-state index contributed by atoms with van der Waals surface area (Å²) in [6, 6.07) is 8.04. The first-order chi connectivity index (χ1) is 18.4. The summed E-state index contributed by atoms with van der Waals surface area (Å²) >= 11 is 0. The van der Waals surface area contributed by atoms with Crippen LogP contribution in [-0.2, 0) is 23.9 Å². The molecule has 0 aromatic heterocycles. The third-order valence-corrected chi connectivity index (χ3v) is 7.46. The van der Waals surface area contributed by atoms with E-state index < -0.39 is 0 Å². The van der Waals surface area contributed by atoms with E-state index in [1.165, 1.54) is 0 Å². The first kappa shape index (κ1) is 38.5. The number of hydrogen-bond acceptors (Lipinski definition) is 6. The van der Waals surface area contributed by atoms with Crippen molar-refractivity contribution in [2.24, 2.45) is 20.8 Å². The van der Waals surface area contributed by atoms with Gasteiger partial charge < -0.3 is 20.8 Å². The molecular weight excluding hydrogens is 510 g/mol. The Morgan fingerprint density at radius 1 is 0.619 bits per heavy atom. The summed E-state index contributed by atoms with van der Waals surface area (Å²) in [6.07, 6.45) is 3.46. The Labute approximate surface area is 279 Å². The van der Waals surface area contributed by atoms with Crippen molar-refractivity contribution in [3.63, 3.8) is 0 Å². The van der Waals surface area contributed by atoms with Crippen molar-refractivity contribution < 1.29 is 47.9 Å². The van der Waals surface area contributed by atoms with E-state index in [1.807, 2.05) is 24.3 Å². The first-order valence-corrected chi connectivity index (χ1v) is 14.5. The number of nitrogens with zero attached hydrogens (tertiary/aromatic N) is 2. The largest absolute Gasteiger partial charge is 1.00 e. The molecule has 0 spiro atoms. The molecule has 220 valence electrons. The molecule has 0 saturated carbocycles. The van der Waals surface area contributed by atoms with Crippen LogP contribution in [0.5, 0.6) is 11.5 Å². The molecule has 0 atom stereocenters. The van der Waals surface area contributed by atoms with Crippen LogP contribution >= 0.6 is 0 Å². The van der Waals surface area contributed by atoms with Crippen LogP contribution in [0.25, 0.3) is 0 Å². The zero-order valence-corrected chi connectivity index (χ0v) is 28.4. The molecule has 0 aliphatic carbocycles. The van der Waals surface area contributed by atoms with Gasteiger partial charge in [0.25, 0.3) is 0 Å². The number of fused-ring (bicyclic) bond motifs is 4. The van der Waals surface area contributed by atoms with Gasteiger partial charge in [-0.25, -0.2) is 0 Å². The minimum atomic E-state index is -0.233. The molecule has 6 nitrogen and oxygen atoms in total. The van der Waals surface area contributed by atoms with Crippen molar-refractivity contribution in [2.75, 3.05) is 26.2 Å². The number of hydrogen-bond donors (Lipinski definition) is 2. The van der Waals surface area contributed by atoms with E-state index in [9.17, 15) is 10.2 Å². The normalized spacial score (nSPS) is 18.0. The van der Waals surface area contributed by atoms with E-state index in [1.54, 1.807) is 12.4 Å². The van der Waals surface area contributed by atoms with Crippen LogP contribution in [0.15, 0.2) is 34.3 Å². The second kappa shape index (κ2) is 15.0. The van der Waals surface area contributed by atoms with Crippen molar-refractivity contribution in [3.05, 3.63) is 57.6 Å². The van der Waals surface area contributed by atoms with Crippen molar-refractivity contribution >= 4 is 12.4 Å². The van der Waals surface area contributed by atoms with Crippen molar-refractivity contribution in [3.8, 4) is 11.5 Å². The number of nitrogens with one attached hydrogen (secondary N) is 2. The van der Waals surface area contributed by atoms with Crippen LogP contribution in [0.3, 0.4) is 0 Å². The number of rotatable bonds is 0. The third kappa shape index (κ3) is 10.9. The molecule has 2 aromatic rings. The Morgan fingerprint density at radius 2 is 0.976 bits per heavy atom. The molecule has 0 unspecified atom stereocenters. The second-order valence-electron chi connectivity index (χ2n) is 15.1. The summed E-state index contributed by atoms with van der Waals surface area (Å²) in [4.78, 5) is 9.39. The number of benzene rings is 2. The zero-order chi connectivity index (χ0) is 29.9. The van der Waals surface area contributed by atoms with Gasteiger partial charge in [-0.2, -0.15) is 0 Å². The molecule has 0 fully saturated rings. The standard InChI is InChI=1S/C34H52N4O2.2Li/c1-31(2,3)27-11-23-15-35-19-33(7,8)21-37-17-25-13-28(32(4,5)6)14-26(30(25)40)18-38-22-34(9,10)20-36-16-24(12-27)29(23)39;;/h11-15,17,36,38-40H,16,18-22H2,1-10H3;;/q;2*+1/p-2.